The van der Waals surface area contributed by atoms with Crippen LogP contribution >= 0.6 is 11.6 Å². The second-order valence-corrected chi connectivity index (χ2v) is 6.04. The van der Waals surface area contributed by atoms with Gasteiger partial charge in [-0.05, 0) is 18.2 Å². The van der Waals surface area contributed by atoms with Gasteiger partial charge in [-0.25, -0.2) is 9.36 Å². The SMILES string of the molecule is O=c1ccc(-n2cccn2)nn1C1COCC1Nc1ccncc1Cl. The van der Waals surface area contributed by atoms with E-state index in [-0.39, 0.29) is 17.6 Å². The first-order valence-electron chi connectivity index (χ1n) is 7.76. The third-order valence-electron chi connectivity index (χ3n) is 4.03. The van der Waals surface area contributed by atoms with E-state index in [4.69, 9.17) is 16.3 Å². The minimum atomic E-state index is -0.257. The molecule has 3 aromatic heterocycles. The molecule has 8 nitrogen and oxygen atoms in total. The van der Waals surface area contributed by atoms with Crippen molar-refractivity contribution in [2.75, 3.05) is 18.5 Å². The van der Waals surface area contributed by atoms with Crippen LogP contribution in [0.3, 0.4) is 0 Å². The molecule has 128 valence electrons. The Balaban J connectivity index is 1.65. The lowest BCUT2D eigenvalue weighted by Gasteiger charge is -2.22. The number of aromatic nitrogens is 5. The van der Waals surface area contributed by atoms with E-state index in [2.05, 4.69) is 20.5 Å². The van der Waals surface area contributed by atoms with Gasteiger partial charge in [0.1, 0.15) is 6.04 Å². The predicted molar refractivity (Wildman–Crippen MR) is 92.1 cm³/mol. The topological polar surface area (TPSA) is 86.9 Å². The van der Waals surface area contributed by atoms with Gasteiger partial charge in [0.15, 0.2) is 5.82 Å². The largest absolute Gasteiger partial charge is 0.377 e. The summed E-state index contributed by atoms with van der Waals surface area (Å²) in [6.45, 7) is 0.833. The van der Waals surface area contributed by atoms with Crippen molar-refractivity contribution in [2.24, 2.45) is 0 Å². The monoisotopic (exact) mass is 358 g/mol. The van der Waals surface area contributed by atoms with E-state index in [1.807, 2.05) is 0 Å². The van der Waals surface area contributed by atoms with Crippen LogP contribution in [-0.4, -0.2) is 43.8 Å². The summed E-state index contributed by atoms with van der Waals surface area (Å²) < 4.78 is 8.62. The molecule has 1 aliphatic rings. The van der Waals surface area contributed by atoms with E-state index in [0.29, 0.717) is 24.1 Å². The molecule has 2 unspecified atom stereocenters. The number of pyridine rings is 1. The molecule has 3 aromatic rings. The number of hydrogen-bond acceptors (Lipinski definition) is 6. The molecule has 2 atom stereocenters. The van der Waals surface area contributed by atoms with Gasteiger partial charge in [0.2, 0.25) is 0 Å². The van der Waals surface area contributed by atoms with Crippen molar-refractivity contribution in [3.8, 4) is 5.82 Å². The number of rotatable bonds is 4. The number of hydrogen-bond donors (Lipinski definition) is 1. The van der Waals surface area contributed by atoms with Crippen LogP contribution in [0.5, 0.6) is 0 Å². The zero-order valence-electron chi connectivity index (χ0n) is 13.1. The Morgan fingerprint density at radius 1 is 1.24 bits per heavy atom. The van der Waals surface area contributed by atoms with E-state index >= 15 is 0 Å². The molecule has 1 saturated heterocycles. The normalized spacial score (nSPS) is 19.9. The number of halogens is 1. The third-order valence-corrected chi connectivity index (χ3v) is 4.33. The van der Waals surface area contributed by atoms with Gasteiger partial charge in [0.05, 0.1) is 30.0 Å². The molecule has 1 N–H and O–H groups in total. The van der Waals surface area contributed by atoms with Crippen LogP contribution in [0.1, 0.15) is 6.04 Å². The maximum atomic E-state index is 12.3. The summed E-state index contributed by atoms with van der Waals surface area (Å²) in [6.07, 6.45) is 6.65. The first kappa shape index (κ1) is 15.8. The maximum absolute atomic E-state index is 12.3. The van der Waals surface area contributed by atoms with Gasteiger partial charge in [-0.2, -0.15) is 5.10 Å². The second-order valence-electron chi connectivity index (χ2n) is 5.64. The lowest BCUT2D eigenvalue weighted by molar-refractivity contribution is 0.182. The Morgan fingerprint density at radius 2 is 2.16 bits per heavy atom. The average molecular weight is 359 g/mol. The standard InChI is InChI=1S/C16H15ClN6O2/c17-11-8-18-6-4-12(11)20-13-9-25-10-14(13)23-16(24)3-2-15(21-23)22-7-1-5-19-22/h1-8,13-14H,9-10H2,(H,18,20). The Bertz CT molecular complexity index is 926. The number of nitrogens with zero attached hydrogens (tertiary/aromatic N) is 5. The van der Waals surface area contributed by atoms with Crippen LogP contribution in [0.2, 0.25) is 5.02 Å². The highest BCUT2D eigenvalue weighted by Gasteiger charge is 2.32. The van der Waals surface area contributed by atoms with Gasteiger partial charge in [0, 0.05) is 30.9 Å². The van der Waals surface area contributed by atoms with E-state index in [9.17, 15) is 4.79 Å². The second kappa shape index (κ2) is 6.66. The Kier molecular flexibility index (Phi) is 4.21. The number of ether oxygens (including phenoxy) is 1. The summed E-state index contributed by atoms with van der Waals surface area (Å²) in [7, 11) is 0. The van der Waals surface area contributed by atoms with Crippen LogP contribution in [0.15, 0.2) is 53.8 Å². The van der Waals surface area contributed by atoms with Crippen molar-refractivity contribution in [3.63, 3.8) is 0 Å². The van der Waals surface area contributed by atoms with Gasteiger partial charge in [-0.3, -0.25) is 9.78 Å². The summed E-state index contributed by atoms with van der Waals surface area (Å²) in [5, 5.41) is 12.4. The van der Waals surface area contributed by atoms with E-state index in [0.717, 1.165) is 5.69 Å². The van der Waals surface area contributed by atoms with Crippen LogP contribution in [0.4, 0.5) is 5.69 Å². The molecule has 0 aromatic carbocycles. The summed E-state index contributed by atoms with van der Waals surface area (Å²) in [6, 6.07) is 6.31. The fraction of sp³-hybridized carbons (Fsp3) is 0.250. The first-order valence-corrected chi connectivity index (χ1v) is 8.14. The maximum Gasteiger partial charge on any atom is 0.267 e. The molecule has 0 bridgehead atoms. The van der Waals surface area contributed by atoms with Gasteiger partial charge in [-0.1, -0.05) is 11.6 Å². The molecule has 9 heteroatoms. The number of anilines is 1. The summed E-state index contributed by atoms with van der Waals surface area (Å²) in [4.78, 5) is 16.3. The smallest absolute Gasteiger partial charge is 0.267 e. The van der Waals surface area contributed by atoms with Gasteiger partial charge >= 0.3 is 0 Å². The zero-order valence-corrected chi connectivity index (χ0v) is 13.9. The van der Waals surface area contributed by atoms with Gasteiger partial charge < -0.3 is 10.1 Å². The van der Waals surface area contributed by atoms with E-state index in [1.165, 1.54) is 10.7 Å². The lowest BCUT2D eigenvalue weighted by atomic mass is 10.1. The van der Waals surface area contributed by atoms with Crippen LogP contribution in [0, 0.1) is 0 Å². The summed E-state index contributed by atoms with van der Waals surface area (Å²) in [5.74, 6) is 0.567. The highest BCUT2D eigenvalue weighted by Crippen LogP contribution is 2.26. The summed E-state index contributed by atoms with van der Waals surface area (Å²) >= 11 is 6.16. The van der Waals surface area contributed by atoms with Crippen molar-refractivity contribution >= 4 is 17.3 Å². The highest BCUT2D eigenvalue weighted by atomic mass is 35.5. The summed E-state index contributed by atoms with van der Waals surface area (Å²) in [5.41, 5.74) is 0.549. The Morgan fingerprint density at radius 3 is 2.96 bits per heavy atom. The minimum absolute atomic E-state index is 0.141. The molecule has 0 radical (unpaired) electrons. The molecule has 1 aliphatic heterocycles. The van der Waals surface area contributed by atoms with Crippen LogP contribution in [-0.2, 0) is 4.74 Å². The fourth-order valence-electron chi connectivity index (χ4n) is 2.79. The molecule has 4 heterocycles. The minimum Gasteiger partial charge on any atom is -0.377 e. The molecule has 25 heavy (non-hydrogen) atoms. The van der Waals surface area contributed by atoms with E-state index < -0.39 is 0 Å². The van der Waals surface area contributed by atoms with Crippen LogP contribution < -0.4 is 10.9 Å². The van der Waals surface area contributed by atoms with Gasteiger partial charge in [-0.15, -0.1) is 5.10 Å². The van der Waals surface area contributed by atoms with Gasteiger partial charge in [0.25, 0.3) is 5.56 Å². The van der Waals surface area contributed by atoms with Crippen molar-refractivity contribution in [1.82, 2.24) is 24.5 Å². The van der Waals surface area contributed by atoms with Crippen molar-refractivity contribution in [3.05, 3.63) is 64.4 Å². The first-order chi connectivity index (χ1) is 12.2. The molecule has 4 rings (SSSR count). The van der Waals surface area contributed by atoms with Crippen molar-refractivity contribution in [1.29, 1.82) is 0 Å². The fourth-order valence-corrected chi connectivity index (χ4v) is 2.97. The van der Waals surface area contributed by atoms with E-state index in [1.54, 1.807) is 47.7 Å². The lowest BCUT2D eigenvalue weighted by Crippen LogP contribution is -2.37. The molecular weight excluding hydrogens is 344 g/mol. The quantitative estimate of drug-likeness (QED) is 0.761. The molecular formula is C16H15ClN6O2. The zero-order chi connectivity index (χ0) is 17.2. The average Bonchev–Trinajstić information content (AvgIpc) is 3.29. The molecule has 1 fully saturated rings. The molecule has 0 amide bonds. The highest BCUT2D eigenvalue weighted by molar-refractivity contribution is 6.33. The Hall–Kier alpha value is -2.71. The van der Waals surface area contributed by atoms with Crippen molar-refractivity contribution in [2.45, 2.75) is 12.1 Å². The molecule has 0 aliphatic carbocycles. The molecule has 0 saturated carbocycles. The van der Waals surface area contributed by atoms with Crippen LogP contribution in [0.25, 0.3) is 5.82 Å². The predicted octanol–water partition coefficient (Wildman–Crippen LogP) is 1.53. The number of nitrogens with one attached hydrogen (secondary N) is 1. The Labute approximate surface area is 148 Å². The third kappa shape index (κ3) is 3.13. The van der Waals surface area contributed by atoms with Crippen molar-refractivity contribution < 1.29 is 4.74 Å². The molecule has 0 spiro atoms.